The lowest BCUT2D eigenvalue weighted by atomic mass is 10.1. The van der Waals surface area contributed by atoms with Gasteiger partial charge in [-0.1, -0.05) is 25.1 Å². The summed E-state index contributed by atoms with van der Waals surface area (Å²) in [6, 6.07) is 8.29. The number of thioether (sulfide) groups is 1. The number of hydrogen-bond donors (Lipinski definition) is 0. The normalized spacial score (nSPS) is 11.2. The van der Waals surface area contributed by atoms with E-state index in [-0.39, 0.29) is 12.1 Å². The van der Waals surface area contributed by atoms with Gasteiger partial charge in [-0.05, 0) is 47.2 Å². The molecule has 3 heterocycles. The molecule has 3 aromatic heterocycles. The van der Waals surface area contributed by atoms with E-state index in [2.05, 4.69) is 27.4 Å². The first-order valence-corrected chi connectivity index (χ1v) is 11.1. The van der Waals surface area contributed by atoms with Crippen molar-refractivity contribution < 1.29 is 13.9 Å². The van der Waals surface area contributed by atoms with Gasteiger partial charge in [-0.2, -0.15) is 0 Å². The molecular weight excluding hydrogens is 432 g/mol. The number of furan rings is 1. The molecule has 0 unspecified atom stereocenters. The molecule has 0 fully saturated rings. The van der Waals surface area contributed by atoms with Crippen molar-refractivity contribution in [1.82, 2.24) is 29.8 Å². The molecule has 0 aliphatic rings. The van der Waals surface area contributed by atoms with Crippen LogP contribution in [0, 0.1) is 0 Å². The van der Waals surface area contributed by atoms with E-state index in [1.54, 1.807) is 45.8 Å². The highest BCUT2D eigenvalue weighted by Crippen LogP contribution is 2.23. The predicted octanol–water partition coefficient (Wildman–Crippen LogP) is 2.90. The molecule has 1 aromatic carbocycles. The zero-order chi connectivity index (χ0) is 22.5. The van der Waals surface area contributed by atoms with Crippen molar-refractivity contribution in [3.05, 3.63) is 64.1 Å². The third-order valence-corrected chi connectivity index (χ3v) is 5.87. The van der Waals surface area contributed by atoms with Gasteiger partial charge in [-0.15, -0.1) is 5.10 Å². The maximum Gasteiger partial charge on any atom is 0.337 e. The lowest BCUT2D eigenvalue weighted by Crippen LogP contribution is -2.24. The summed E-state index contributed by atoms with van der Waals surface area (Å²) in [4.78, 5) is 29.9. The molecule has 0 spiro atoms. The molecule has 0 aliphatic carbocycles. The number of ether oxygens (including phenoxy) is 1. The van der Waals surface area contributed by atoms with Gasteiger partial charge < -0.3 is 9.15 Å². The molecule has 0 N–H and O–H groups in total. The number of nitrogens with zero attached hydrogens (tertiary/aromatic N) is 6. The number of tetrazole rings is 1. The fourth-order valence-corrected chi connectivity index (χ4v) is 4.12. The third kappa shape index (κ3) is 4.57. The Morgan fingerprint density at radius 3 is 2.91 bits per heavy atom. The molecule has 0 aliphatic heterocycles. The van der Waals surface area contributed by atoms with E-state index in [0.29, 0.717) is 39.0 Å². The van der Waals surface area contributed by atoms with Gasteiger partial charge in [0.25, 0.3) is 5.56 Å². The Morgan fingerprint density at radius 1 is 1.28 bits per heavy atom. The first-order valence-electron chi connectivity index (χ1n) is 10.1. The first kappa shape index (κ1) is 21.8. The van der Waals surface area contributed by atoms with E-state index < -0.39 is 5.97 Å². The van der Waals surface area contributed by atoms with Crippen LogP contribution in [0.4, 0.5) is 0 Å². The number of esters is 1. The molecule has 0 atom stereocenters. The predicted molar refractivity (Wildman–Crippen MR) is 117 cm³/mol. The van der Waals surface area contributed by atoms with Crippen LogP contribution in [0.15, 0.2) is 51.0 Å². The van der Waals surface area contributed by atoms with Gasteiger partial charge in [0, 0.05) is 6.54 Å². The number of benzene rings is 1. The molecule has 11 heteroatoms. The summed E-state index contributed by atoms with van der Waals surface area (Å²) in [7, 11) is 1.31. The van der Waals surface area contributed by atoms with Crippen LogP contribution >= 0.6 is 11.8 Å². The number of aryl methyl sites for hydroxylation is 1. The van der Waals surface area contributed by atoms with Crippen LogP contribution in [0.3, 0.4) is 0 Å². The largest absolute Gasteiger partial charge is 0.467 e. The molecule has 4 aromatic rings. The van der Waals surface area contributed by atoms with Crippen LogP contribution < -0.4 is 5.56 Å². The molecule has 0 saturated carbocycles. The fraction of sp³-hybridized carbons (Fsp3) is 0.333. The standard InChI is InChI=1S/C21H22N6O4S/c1-3-4-9-27-18(23-24-25-27)13-32-21-22-17-11-14(20(29)30-2)7-8-16(17)19(28)26(21)12-15-6-5-10-31-15/h5-8,10-11H,3-4,9,12-13H2,1-2H3. The maximum absolute atomic E-state index is 13.3. The second-order valence-electron chi connectivity index (χ2n) is 7.05. The second-order valence-corrected chi connectivity index (χ2v) is 7.99. The zero-order valence-electron chi connectivity index (χ0n) is 17.7. The SMILES string of the molecule is CCCCn1nnnc1CSc1nc2cc(C(=O)OC)ccc2c(=O)n1Cc1ccco1. The van der Waals surface area contributed by atoms with Crippen molar-refractivity contribution >= 4 is 28.6 Å². The summed E-state index contributed by atoms with van der Waals surface area (Å²) in [6.07, 6.45) is 3.56. The number of unbranched alkanes of at least 4 members (excludes halogenated alkanes) is 1. The van der Waals surface area contributed by atoms with Gasteiger partial charge in [0.15, 0.2) is 11.0 Å². The lowest BCUT2D eigenvalue weighted by Gasteiger charge is -2.12. The number of fused-ring (bicyclic) bond motifs is 1. The van der Waals surface area contributed by atoms with E-state index in [1.165, 1.54) is 18.9 Å². The minimum atomic E-state index is -0.488. The third-order valence-electron chi connectivity index (χ3n) is 4.90. The maximum atomic E-state index is 13.3. The van der Waals surface area contributed by atoms with Gasteiger partial charge in [-0.25, -0.2) is 14.5 Å². The molecular formula is C21H22N6O4S. The van der Waals surface area contributed by atoms with Crippen LogP contribution in [0.5, 0.6) is 0 Å². The highest BCUT2D eigenvalue weighted by Gasteiger charge is 2.17. The topological polar surface area (TPSA) is 118 Å². The number of carbonyl (C=O) groups is 1. The Bertz CT molecular complexity index is 1280. The van der Waals surface area contributed by atoms with Crippen molar-refractivity contribution in [2.45, 2.75) is 43.8 Å². The molecule has 4 rings (SSSR count). The number of aromatic nitrogens is 6. The van der Waals surface area contributed by atoms with Gasteiger partial charge in [0.05, 0.1) is 42.1 Å². The average molecular weight is 455 g/mol. The van der Waals surface area contributed by atoms with Gasteiger partial charge >= 0.3 is 5.97 Å². The van der Waals surface area contributed by atoms with Crippen molar-refractivity contribution in [3.63, 3.8) is 0 Å². The quantitative estimate of drug-likeness (QED) is 0.214. The Morgan fingerprint density at radius 2 is 2.16 bits per heavy atom. The summed E-state index contributed by atoms with van der Waals surface area (Å²) >= 11 is 1.35. The smallest absolute Gasteiger partial charge is 0.337 e. The molecule has 166 valence electrons. The van der Waals surface area contributed by atoms with Crippen molar-refractivity contribution in [2.24, 2.45) is 0 Å². The molecule has 0 radical (unpaired) electrons. The summed E-state index contributed by atoms with van der Waals surface area (Å²) in [5, 5.41) is 12.8. The average Bonchev–Trinajstić information content (AvgIpc) is 3.49. The van der Waals surface area contributed by atoms with Crippen LogP contribution in [-0.4, -0.2) is 42.8 Å². The Hall–Kier alpha value is -3.47. The zero-order valence-corrected chi connectivity index (χ0v) is 18.5. The number of hydrogen-bond acceptors (Lipinski definition) is 9. The monoisotopic (exact) mass is 454 g/mol. The molecule has 0 bridgehead atoms. The van der Waals surface area contributed by atoms with Crippen LogP contribution in [0.1, 0.15) is 41.7 Å². The van der Waals surface area contributed by atoms with Crippen molar-refractivity contribution in [3.8, 4) is 0 Å². The summed E-state index contributed by atoms with van der Waals surface area (Å²) in [6.45, 7) is 3.07. The lowest BCUT2D eigenvalue weighted by molar-refractivity contribution is 0.0601. The van der Waals surface area contributed by atoms with E-state index in [0.717, 1.165) is 19.4 Å². The number of methoxy groups -OCH3 is 1. The fourth-order valence-electron chi connectivity index (χ4n) is 3.19. The van der Waals surface area contributed by atoms with Crippen LogP contribution in [0.25, 0.3) is 10.9 Å². The highest BCUT2D eigenvalue weighted by atomic mass is 32.2. The van der Waals surface area contributed by atoms with E-state index in [9.17, 15) is 9.59 Å². The van der Waals surface area contributed by atoms with E-state index >= 15 is 0 Å². The Labute approximate surface area is 187 Å². The van der Waals surface area contributed by atoms with Crippen molar-refractivity contribution in [1.29, 1.82) is 0 Å². The minimum absolute atomic E-state index is 0.226. The van der Waals surface area contributed by atoms with Crippen molar-refractivity contribution in [2.75, 3.05) is 7.11 Å². The summed E-state index contributed by atoms with van der Waals surface area (Å²) < 4.78 is 13.6. The van der Waals surface area contributed by atoms with Gasteiger partial charge in [0.2, 0.25) is 0 Å². The van der Waals surface area contributed by atoms with E-state index in [1.807, 2.05) is 0 Å². The highest BCUT2D eigenvalue weighted by molar-refractivity contribution is 7.98. The first-order chi connectivity index (χ1) is 15.6. The Kier molecular flexibility index (Phi) is 6.64. The number of carbonyl (C=O) groups excluding carboxylic acids is 1. The summed E-state index contributed by atoms with van der Waals surface area (Å²) in [5.41, 5.74) is 0.521. The van der Waals surface area contributed by atoms with E-state index in [4.69, 9.17) is 9.15 Å². The van der Waals surface area contributed by atoms with Gasteiger partial charge in [-0.3, -0.25) is 9.36 Å². The molecule has 0 amide bonds. The number of rotatable bonds is 9. The molecule has 32 heavy (non-hydrogen) atoms. The summed E-state index contributed by atoms with van der Waals surface area (Å²) in [5.74, 6) is 1.28. The van der Waals surface area contributed by atoms with Gasteiger partial charge in [0.1, 0.15) is 5.76 Å². The minimum Gasteiger partial charge on any atom is -0.467 e. The second kappa shape index (κ2) is 9.77. The molecule has 0 saturated heterocycles. The molecule has 10 nitrogen and oxygen atoms in total. The Balaban J connectivity index is 1.73. The van der Waals surface area contributed by atoms with Crippen LogP contribution in [0.2, 0.25) is 0 Å². The van der Waals surface area contributed by atoms with Crippen LogP contribution in [-0.2, 0) is 23.6 Å².